The van der Waals surface area contributed by atoms with Gasteiger partial charge in [-0.05, 0) is 6.42 Å². The Hall–Kier alpha value is -0.860. The van der Waals surface area contributed by atoms with Crippen molar-refractivity contribution in [3.05, 3.63) is 0 Å². The van der Waals surface area contributed by atoms with Gasteiger partial charge in [0.2, 0.25) is 0 Å². The second-order valence-electron chi connectivity index (χ2n) is 1.67. The maximum atomic E-state index is 10.6. The first kappa shape index (κ1) is 5.28. The van der Waals surface area contributed by atoms with Crippen molar-refractivity contribution in [1.82, 2.24) is 5.43 Å². The summed E-state index contributed by atoms with van der Waals surface area (Å²) < 4.78 is 0. The molecule has 0 saturated heterocycles. The highest BCUT2D eigenvalue weighted by molar-refractivity contribution is 6.41. The van der Waals surface area contributed by atoms with E-state index >= 15 is 0 Å². The maximum absolute atomic E-state index is 10.6. The number of carbonyl (C=O) groups excluding carboxylic acids is 1. The van der Waals surface area contributed by atoms with Gasteiger partial charge in [-0.2, -0.15) is 5.10 Å². The molecule has 1 aliphatic rings. The summed E-state index contributed by atoms with van der Waals surface area (Å²) in [4.78, 5) is 10.6. The lowest BCUT2D eigenvalue weighted by molar-refractivity contribution is -0.111. The lowest BCUT2D eigenvalue weighted by Crippen LogP contribution is -2.12. The molecule has 0 radical (unpaired) electrons. The Morgan fingerprint density at radius 1 is 1.88 bits per heavy atom. The third-order valence-corrected chi connectivity index (χ3v) is 1.11. The van der Waals surface area contributed by atoms with Crippen LogP contribution in [0.2, 0.25) is 0 Å². The van der Waals surface area contributed by atoms with Gasteiger partial charge >= 0.3 is 0 Å². The topological polar surface area (TPSA) is 41.5 Å². The number of hydrogen-bond acceptors (Lipinski definition) is 3. The molecule has 3 heteroatoms. The predicted molar refractivity (Wildman–Crippen MR) is 30.7 cm³/mol. The highest BCUT2D eigenvalue weighted by Gasteiger charge is 2.13. The molecule has 0 saturated carbocycles. The number of hydrogen-bond donors (Lipinski definition) is 1. The Bertz CT molecular complexity index is 139. The van der Waals surface area contributed by atoms with Crippen molar-refractivity contribution in [1.29, 1.82) is 0 Å². The van der Waals surface area contributed by atoms with Crippen LogP contribution >= 0.6 is 0 Å². The van der Waals surface area contributed by atoms with E-state index in [-0.39, 0.29) is 5.78 Å². The first-order valence-electron chi connectivity index (χ1n) is 2.67. The molecule has 0 atom stereocenters. The van der Waals surface area contributed by atoms with Crippen LogP contribution in [-0.4, -0.2) is 18.0 Å². The molecule has 1 rings (SSSR count). The van der Waals surface area contributed by atoms with Crippen LogP contribution in [0.25, 0.3) is 0 Å². The summed E-state index contributed by atoms with van der Waals surface area (Å²) in [5.74, 6) is 0.132. The zero-order chi connectivity index (χ0) is 5.98. The first-order chi connectivity index (χ1) is 3.84. The van der Waals surface area contributed by atoms with Crippen molar-refractivity contribution in [2.45, 2.75) is 13.3 Å². The van der Waals surface area contributed by atoms with Crippen LogP contribution in [0.15, 0.2) is 5.10 Å². The number of hydrazone groups is 1. The summed E-state index contributed by atoms with van der Waals surface area (Å²) in [6.45, 7) is 2.31. The SMILES string of the molecule is CCC1=NNCC1=O. The van der Waals surface area contributed by atoms with Crippen LogP contribution in [0.5, 0.6) is 0 Å². The van der Waals surface area contributed by atoms with Crippen molar-refractivity contribution >= 4 is 11.5 Å². The summed E-state index contributed by atoms with van der Waals surface area (Å²) >= 11 is 0. The fourth-order valence-electron chi connectivity index (χ4n) is 0.647. The molecule has 8 heavy (non-hydrogen) atoms. The summed E-state index contributed by atoms with van der Waals surface area (Å²) in [6.07, 6.45) is 0.742. The second-order valence-corrected chi connectivity index (χ2v) is 1.67. The van der Waals surface area contributed by atoms with Crippen molar-refractivity contribution in [2.75, 3.05) is 6.54 Å². The summed E-state index contributed by atoms with van der Waals surface area (Å²) in [7, 11) is 0. The van der Waals surface area contributed by atoms with Gasteiger partial charge in [0.25, 0.3) is 0 Å². The Kier molecular flexibility index (Phi) is 1.28. The Balaban J connectivity index is 2.62. The summed E-state index contributed by atoms with van der Waals surface area (Å²) in [5.41, 5.74) is 3.28. The Morgan fingerprint density at radius 3 is 2.88 bits per heavy atom. The lowest BCUT2D eigenvalue weighted by atomic mass is 10.2. The van der Waals surface area contributed by atoms with Crippen LogP contribution in [0, 0.1) is 0 Å². The van der Waals surface area contributed by atoms with Crippen molar-refractivity contribution in [3.8, 4) is 0 Å². The van der Waals surface area contributed by atoms with Gasteiger partial charge in [0.05, 0.1) is 6.54 Å². The summed E-state index contributed by atoms with van der Waals surface area (Å²) in [5, 5.41) is 3.75. The number of Topliss-reactive ketones (excluding diaryl/α,β-unsaturated/α-hetero) is 1. The number of nitrogens with one attached hydrogen (secondary N) is 1. The van der Waals surface area contributed by atoms with Gasteiger partial charge in [0.1, 0.15) is 5.71 Å². The molecule has 0 fully saturated rings. The van der Waals surface area contributed by atoms with Crippen molar-refractivity contribution < 1.29 is 4.79 Å². The molecule has 1 N–H and O–H groups in total. The minimum Gasteiger partial charge on any atom is -0.302 e. The van der Waals surface area contributed by atoms with E-state index < -0.39 is 0 Å². The second kappa shape index (κ2) is 1.94. The average Bonchev–Trinajstić information content (AvgIpc) is 2.14. The van der Waals surface area contributed by atoms with E-state index in [1.54, 1.807) is 0 Å². The molecule has 3 nitrogen and oxygen atoms in total. The average molecular weight is 112 g/mol. The molecule has 0 aromatic rings. The lowest BCUT2D eigenvalue weighted by Gasteiger charge is -1.83. The van der Waals surface area contributed by atoms with Gasteiger partial charge in [0.15, 0.2) is 5.78 Å². The number of carbonyl (C=O) groups is 1. The van der Waals surface area contributed by atoms with Crippen LogP contribution in [-0.2, 0) is 4.79 Å². The van der Waals surface area contributed by atoms with Crippen LogP contribution in [0.3, 0.4) is 0 Å². The third kappa shape index (κ3) is 0.710. The molecule has 0 aromatic heterocycles. The first-order valence-corrected chi connectivity index (χ1v) is 2.67. The van der Waals surface area contributed by atoms with E-state index in [1.165, 1.54) is 0 Å². The van der Waals surface area contributed by atoms with Gasteiger partial charge in [0, 0.05) is 0 Å². The quantitative estimate of drug-likeness (QED) is 0.515. The van der Waals surface area contributed by atoms with Gasteiger partial charge < -0.3 is 5.43 Å². The van der Waals surface area contributed by atoms with E-state index in [9.17, 15) is 4.79 Å². The molecule has 1 aliphatic heterocycles. The highest BCUT2D eigenvalue weighted by Crippen LogP contribution is 1.91. The Morgan fingerprint density at radius 2 is 2.62 bits per heavy atom. The van der Waals surface area contributed by atoms with Gasteiger partial charge in [-0.15, -0.1) is 0 Å². The standard InChI is InChI=1S/C5H8N2O/c1-2-4-5(8)3-6-7-4/h6H,2-3H2,1H3. The highest BCUT2D eigenvalue weighted by atomic mass is 16.1. The normalized spacial score (nSPS) is 18.1. The molecular weight excluding hydrogens is 104 g/mol. The minimum absolute atomic E-state index is 0.132. The molecule has 0 spiro atoms. The molecule has 0 bridgehead atoms. The van der Waals surface area contributed by atoms with Gasteiger partial charge in [-0.25, -0.2) is 0 Å². The van der Waals surface area contributed by atoms with Crippen LogP contribution in [0.1, 0.15) is 13.3 Å². The molecule has 0 aromatic carbocycles. The number of ketones is 1. The van der Waals surface area contributed by atoms with E-state index in [0.29, 0.717) is 12.3 Å². The van der Waals surface area contributed by atoms with Gasteiger partial charge in [-0.1, -0.05) is 6.92 Å². The van der Waals surface area contributed by atoms with E-state index in [4.69, 9.17) is 0 Å². The fourth-order valence-corrected chi connectivity index (χ4v) is 0.647. The molecule has 0 aliphatic carbocycles. The molecule has 0 unspecified atom stereocenters. The van der Waals surface area contributed by atoms with E-state index in [1.807, 2.05) is 6.92 Å². The smallest absolute Gasteiger partial charge is 0.199 e. The van der Waals surface area contributed by atoms with Crippen LogP contribution < -0.4 is 5.43 Å². The number of rotatable bonds is 1. The molecule has 44 valence electrons. The monoisotopic (exact) mass is 112 g/mol. The summed E-state index contributed by atoms with van der Waals surface area (Å²) in [6, 6.07) is 0. The van der Waals surface area contributed by atoms with Crippen molar-refractivity contribution in [2.24, 2.45) is 5.10 Å². The predicted octanol–water partition coefficient (Wildman–Crippen LogP) is -0.0753. The zero-order valence-corrected chi connectivity index (χ0v) is 4.77. The minimum atomic E-state index is 0.132. The van der Waals surface area contributed by atoms with Crippen molar-refractivity contribution in [3.63, 3.8) is 0 Å². The molecule has 1 heterocycles. The van der Waals surface area contributed by atoms with Gasteiger partial charge in [-0.3, -0.25) is 4.79 Å². The van der Waals surface area contributed by atoms with E-state index in [0.717, 1.165) is 6.42 Å². The van der Waals surface area contributed by atoms with Crippen LogP contribution in [0.4, 0.5) is 0 Å². The molecular formula is C5H8N2O. The molecule has 0 amide bonds. The number of nitrogens with zero attached hydrogens (tertiary/aromatic N) is 1. The maximum Gasteiger partial charge on any atom is 0.199 e. The third-order valence-electron chi connectivity index (χ3n) is 1.11. The largest absolute Gasteiger partial charge is 0.302 e. The van der Waals surface area contributed by atoms with E-state index in [2.05, 4.69) is 10.5 Å². The zero-order valence-electron chi connectivity index (χ0n) is 4.77. The Labute approximate surface area is 47.8 Å². The fraction of sp³-hybridized carbons (Fsp3) is 0.600.